The molecule has 0 amide bonds. The number of rotatable bonds is 0. The van der Waals surface area contributed by atoms with Crippen LogP contribution in [-0.4, -0.2) is 31.2 Å². The largest absolute Gasteiger partial charge is 0.326 e. The van der Waals surface area contributed by atoms with Crippen LogP contribution >= 0.6 is 0 Å². The van der Waals surface area contributed by atoms with Crippen LogP contribution < -0.4 is 0 Å². The van der Waals surface area contributed by atoms with Gasteiger partial charge in [0.25, 0.3) is 0 Å². The average Bonchev–Trinajstić information content (AvgIpc) is 1.74. The number of quaternary nitrogens is 1. The Hall–Kier alpha value is -0.0400. The number of fused-ring (bicyclic) bond motifs is 1. The van der Waals surface area contributed by atoms with Crippen LogP contribution in [0.25, 0.3) is 0 Å². The lowest BCUT2D eigenvalue weighted by Gasteiger charge is -2.39. The molecule has 2 aliphatic rings. The SMILES string of the molecule is C[N+]1(C)CC[C@@H]2CC[C@H]21. The minimum Gasteiger partial charge on any atom is -0.326 e. The molecular weight excluding hydrogens is 110 g/mol. The normalized spacial score (nSPS) is 46.0. The molecule has 0 bridgehead atoms. The summed E-state index contributed by atoms with van der Waals surface area (Å²) in [6.07, 6.45) is 4.52. The van der Waals surface area contributed by atoms with E-state index in [0.717, 1.165) is 12.0 Å². The van der Waals surface area contributed by atoms with Gasteiger partial charge in [0.05, 0.1) is 26.7 Å². The zero-order valence-corrected chi connectivity index (χ0v) is 6.43. The van der Waals surface area contributed by atoms with Crippen molar-refractivity contribution in [3.63, 3.8) is 0 Å². The lowest BCUT2D eigenvalue weighted by Crippen LogP contribution is -2.49. The van der Waals surface area contributed by atoms with Crippen molar-refractivity contribution in [2.75, 3.05) is 20.6 Å². The van der Waals surface area contributed by atoms with Gasteiger partial charge >= 0.3 is 0 Å². The lowest BCUT2D eigenvalue weighted by atomic mass is 9.80. The molecule has 0 aromatic carbocycles. The van der Waals surface area contributed by atoms with Crippen molar-refractivity contribution in [2.45, 2.75) is 25.3 Å². The summed E-state index contributed by atoms with van der Waals surface area (Å²) in [6.45, 7) is 1.43. The molecule has 9 heavy (non-hydrogen) atoms. The van der Waals surface area contributed by atoms with Crippen LogP contribution in [0.3, 0.4) is 0 Å². The van der Waals surface area contributed by atoms with Gasteiger partial charge in [-0.3, -0.25) is 0 Å². The third kappa shape index (κ3) is 0.644. The van der Waals surface area contributed by atoms with Crippen molar-refractivity contribution in [1.82, 2.24) is 0 Å². The number of hydrogen-bond donors (Lipinski definition) is 0. The molecule has 1 aliphatic heterocycles. The summed E-state index contributed by atoms with van der Waals surface area (Å²) in [7, 11) is 4.76. The molecule has 1 nitrogen and oxygen atoms in total. The maximum Gasteiger partial charge on any atom is 0.0917 e. The smallest absolute Gasteiger partial charge is 0.0917 e. The van der Waals surface area contributed by atoms with E-state index in [9.17, 15) is 0 Å². The molecule has 0 radical (unpaired) electrons. The Morgan fingerprint density at radius 2 is 1.89 bits per heavy atom. The van der Waals surface area contributed by atoms with Crippen molar-refractivity contribution in [3.8, 4) is 0 Å². The number of likely N-dealkylation sites (tertiary alicyclic amines) is 1. The first-order valence-electron chi connectivity index (χ1n) is 4.03. The Labute approximate surface area is 57.3 Å². The van der Waals surface area contributed by atoms with Crippen LogP contribution in [-0.2, 0) is 0 Å². The van der Waals surface area contributed by atoms with E-state index in [1.54, 1.807) is 0 Å². The third-order valence-electron chi connectivity index (χ3n) is 3.35. The summed E-state index contributed by atoms with van der Waals surface area (Å²) in [5, 5.41) is 0. The molecule has 1 heteroatoms. The first-order valence-corrected chi connectivity index (χ1v) is 4.03. The Morgan fingerprint density at radius 3 is 2.11 bits per heavy atom. The first kappa shape index (κ1) is 5.72. The van der Waals surface area contributed by atoms with E-state index in [1.165, 1.54) is 30.3 Å². The highest BCUT2D eigenvalue weighted by molar-refractivity contribution is 4.85. The first-order chi connectivity index (χ1) is 4.20. The Balaban J connectivity index is 2.14. The second kappa shape index (κ2) is 1.51. The summed E-state index contributed by atoms with van der Waals surface area (Å²) in [4.78, 5) is 0. The minimum absolute atomic E-state index is 1.05. The fourth-order valence-electron chi connectivity index (χ4n) is 2.47. The lowest BCUT2D eigenvalue weighted by molar-refractivity contribution is -0.908. The molecule has 2 rings (SSSR count). The zero-order valence-electron chi connectivity index (χ0n) is 6.43. The molecule has 2 atom stereocenters. The Kier molecular flexibility index (Phi) is 0.963. The van der Waals surface area contributed by atoms with Gasteiger partial charge in [0.1, 0.15) is 0 Å². The third-order valence-corrected chi connectivity index (χ3v) is 3.35. The standard InChI is InChI=1S/C8H16N/c1-9(2)6-5-7-3-4-8(7)9/h7-8H,3-6H2,1-2H3/q+1/t7-,8+/m0/s1. The predicted molar refractivity (Wildman–Crippen MR) is 38.1 cm³/mol. The fraction of sp³-hybridized carbons (Fsp3) is 1.00. The predicted octanol–water partition coefficient (Wildman–Crippen LogP) is 1.25. The van der Waals surface area contributed by atoms with Crippen LogP contribution in [0, 0.1) is 5.92 Å². The molecule has 52 valence electrons. The van der Waals surface area contributed by atoms with Crippen molar-refractivity contribution < 1.29 is 4.48 Å². The summed E-state index contributed by atoms with van der Waals surface area (Å²) in [5.74, 6) is 1.11. The van der Waals surface area contributed by atoms with Gasteiger partial charge < -0.3 is 4.48 Å². The maximum absolute atomic E-state index is 2.38. The molecule has 0 unspecified atom stereocenters. The van der Waals surface area contributed by atoms with Crippen molar-refractivity contribution in [2.24, 2.45) is 5.92 Å². The molecule has 0 aromatic heterocycles. The highest BCUT2D eigenvalue weighted by Crippen LogP contribution is 2.42. The van der Waals surface area contributed by atoms with E-state index in [1.807, 2.05) is 0 Å². The molecule has 0 aromatic rings. The van der Waals surface area contributed by atoms with Crippen molar-refractivity contribution >= 4 is 0 Å². The van der Waals surface area contributed by atoms with Gasteiger partial charge in [-0.15, -0.1) is 0 Å². The molecule has 1 aliphatic carbocycles. The van der Waals surface area contributed by atoms with Crippen molar-refractivity contribution in [3.05, 3.63) is 0 Å². The van der Waals surface area contributed by atoms with E-state index in [4.69, 9.17) is 0 Å². The molecule has 1 saturated carbocycles. The molecular formula is C8H16N+. The van der Waals surface area contributed by atoms with Crippen LogP contribution in [0.15, 0.2) is 0 Å². The van der Waals surface area contributed by atoms with Crippen LogP contribution in [0.2, 0.25) is 0 Å². The summed E-state index contributed by atoms with van der Waals surface area (Å²) >= 11 is 0. The fourth-order valence-corrected chi connectivity index (χ4v) is 2.47. The summed E-state index contributed by atoms with van der Waals surface area (Å²) in [6, 6.07) is 1.05. The van der Waals surface area contributed by atoms with Gasteiger partial charge in [-0.05, 0) is 6.42 Å². The molecule has 1 heterocycles. The van der Waals surface area contributed by atoms with Crippen LogP contribution in [0.4, 0.5) is 0 Å². The Bertz CT molecular complexity index is 129. The molecule has 1 saturated heterocycles. The average molecular weight is 126 g/mol. The molecule has 2 fully saturated rings. The second-order valence-corrected chi connectivity index (χ2v) is 4.20. The second-order valence-electron chi connectivity index (χ2n) is 4.20. The van der Waals surface area contributed by atoms with Crippen molar-refractivity contribution in [1.29, 1.82) is 0 Å². The van der Waals surface area contributed by atoms with Gasteiger partial charge in [-0.2, -0.15) is 0 Å². The highest BCUT2D eigenvalue weighted by atomic mass is 15.4. The van der Waals surface area contributed by atoms with Gasteiger partial charge in [-0.25, -0.2) is 0 Å². The van der Waals surface area contributed by atoms with Gasteiger partial charge in [0.2, 0.25) is 0 Å². The minimum atomic E-state index is 1.05. The van der Waals surface area contributed by atoms with Gasteiger partial charge in [0.15, 0.2) is 0 Å². The highest BCUT2D eigenvalue weighted by Gasteiger charge is 2.48. The number of nitrogens with zero attached hydrogens (tertiary/aromatic N) is 1. The number of hydrogen-bond acceptors (Lipinski definition) is 0. The monoisotopic (exact) mass is 126 g/mol. The van der Waals surface area contributed by atoms with Gasteiger partial charge in [-0.1, -0.05) is 0 Å². The van der Waals surface area contributed by atoms with E-state index in [-0.39, 0.29) is 0 Å². The van der Waals surface area contributed by atoms with E-state index >= 15 is 0 Å². The maximum atomic E-state index is 2.38. The van der Waals surface area contributed by atoms with E-state index in [2.05, 4.69) is 14.1 Å². The molecule has 0 spiro atoms. The van der Waals surface area contributed by atoms with Crippen LogP contribution in [0.1, 0.15) is 19.3 Å². The Morgan fingerprint density at radius 1 is 1.11 bits per heavy atom. The summed E-state index contributed by atoms with van der Waals surface area (Å²) in [5.41, 5.74) is 0. The topological polar surface area (TPSA) is 0 Å². The van der Waals surface area contributed by atoms with Crippen LogP contribution in [0.5, 0.6) is 0 Å². The zero-order chi connectivity index (χ0) is 6.48. The van der Waals surface area contributed by atoms with E-state index < -0.39 is 0 Å². The quantitative estimate of drug-likeness (QED) is 0.428. The van der Waals surface area contributed by atoms with Gasteiger partial charge in [0, 0.05) is 18.8 Å². The van der Waals surface area contributed by atoms with E-state index in [0.29, 0.717) is 0 Å². The molecule has 0 N–H and O–H groups in total. The summed E-state index contributed by atoms with van der Waals surface area (Å²) < 4.78 is 1.31.